The molecule has 17 heavy (non-hydrogen) atoms. The summed E-state index contributed by atoms with van der Waals surface area (Å²) in [6, 6.07) is 0. The summed E-state index contributed by atoms with van der Waals surface area (Å²) in [6.45, 7) is 3.48. The van der Waals surface area contributed by atoms with Gasteiger partial charge in [0, 0.05) is 7.05 Å². The van der Waals surface area contributed by atoms with E-state index in [4.69, 9.17) is 10.5 Å². The number of ether oxygens (including phenoxy) is 1. The third-order valence-electron chi connectivity index (χ3n) is 2.14. The normalized spacial score (nSPS) is 10.1. The van der Waals surface area contributed by atoms with Crippen molar-refractivity contribution in [2.75, 3.05) is 18.5 Å². The van der Waals surface area contributed by atoms with Gasteiger partial charge in [-0.25, -0.2) is 4.79 Å². The van der Waals surface area contributed by atoms with Crippen molar-refractivity contribution >= 4 is 17.7 Å². The molecule has 0 aliphatic carbocycles. The van der Waals surface area contributed by atoms with E-state index in [9.17, 15) is 9.59 Å². The van der Waals surface area contributed by atoms with E-state index in [1.807, 2.05) is 0 Å². The van der Waals surface area contributed by atoms with Crippen LogP contribution in [0.4, 0.5) is 5.82 Å². The highest BCUT2D eigenvalue weighted by molar-refractivity contribution is 6.01. The number of carbonyl (C=O) groups excluding carboxylic acids is 2. The monoisotopic (exact) mass is 240 g/mol. The van der Waals surface area contributed by atoms with Gasteiger partial charge in [0.05, 0.1) is 18.8 Å². The molecule has 0 aliphatic heterocycles. The molecular formula is C10H16N4O3. The van der Waals surface area contributed by atoms with Crippen LogP contribution >= 0.6 is 0 Å². The number of hydrogen-bond donors (Lipinski definition) is 2. The molecule has 1 heterocycles. The van der Waals surface area contributed by atoms with E-state index in [1.54, 1.807) is 20.9 Å². The number of amides is 1. The summed E-state index contributed by atoms with van der Waals surface area (Å²) in [5.41, 5.74) is 5.96. The summed E-state index contributed by atoms with van der Waals surface area (Å²) in [5, 5.41) is 6.59. The number of aryl methyl sites for hydroxylation is 2. The van der Waals surface area contributed by atoms with E-state index in [2.05, 4.69) is 10.4 Å². The molecule has 0 unspecified atom stereocenters. The first kappa shape index (κ1) is 13.2. The second-order valence-corrected chi connectivity index (χ2v) is 3.41. The van der Waals surface area contributed by atoms with Crippen molar-refractivity contribution in [3.63, 3.8) is 0 Å². The van der Waals surface area contributed by atoms with Gasteiger partial charge in [-0.05, 0) is 13.8 Å². The van der Waals surface area contributed by atoms with Crippen molar-refractivity contribution in [1.82, 2.24) is 9.78 Å². The fraction of sp³-hybridized carbons (Fsp3) is 0.500. The van der Waals surface area contributed by atoms with Crippen LogP contribution in [-0.4, -0.2) is 34.8 Å². The van der Waals surface area contributed by atoms with Gasteiger partial charge in [0.25, 0.3) is 0 Å². The summed E-state index contributed by atoms with van der Waals surface area (Å²) in [6.07, 6.45) is 0. The maximum Gasteiger partial charge on any atom is 0.343 e. The number of anilines is 1. The van der Waals surface area contributed by atoms with Crippen molar-refractivity contribution in [3.05, 3.63) is 11.3 Å². The SMILES string of the molecule is CCOC(=O)c1c(C)nn(C)c1NC(=O)CN. The van der Waals surface area contributed by atoms with Gasteiger partial charge >= 0.3 is 5.97 Å². The Labute approximate surface area is 98.9 Å². The fourth-order valence-corrected chi connectivity index (χ4v) is 1.43. The molecule has 94 valence electrons. The molecule has 7 nitrogen and oxygen atoms in total. The van der Waals surface area contributed by atoms with E-state index < -0.39 is 11.9 Å². The number of nitrogens with zero attached hydrogens (tertiary/aromatic N) is 2. The molecule has 7 heteroatoms. The molecule has 0 aromatic carbocycles. The lowest BCUT2D eigenvalue weighted by Crippen LogP contribution is -2.24. The van der Waals surface area contributed by atoms with Crippen LogP contribution in [0.3, 0.4) is 0 Å². The Morgan fingerprint density at radius 3 is 2.71 bits per heavy atom. The molecule has 3 N–H and O–H groups in total. The van der Waals surface area contributed by atoms with Crippen LogP contribution in [0.1, 0.15) is 23.0 Å². The third kappa shape index (κ3) is 2.82. The van der Waals surface area contributed by atoms with Gasteiger partial charge in [0.15, 0.2) is 0 Å². The Hall–Kier alpha value is -1.89. The Bertz CT molecular complexity index is 439. The number of nitrogens with two attached hydrogens (primary N) is 1. The molecule has 0 aliphatic rings. The maximum atomic E-state index is 11.7. The highest BCUT2D eigenvalue weighted by atomic mass is 16.5. The van der Waals surface area contributed by atoms with Crippen LogP contribution in [0.25, 0.3) is 0 Å². The molecular weight excluding hydrogens is 224 g/mol. The molecule has 0 saturated carbocycles. The fourth-order valence-electron chi connectivity index (χ4n) is 1.43. The number of rotatable bonds is 4. The molecule has 0 fully saturated rings. The van der Waals surface area contributed by atoms with Crippen molar-refractivity contribution in [1.29, 1.82) is 0 Å². The van der Waals surface area contributed by atoms with Crippen LogP contribution in [-0.2, 0) is 16.6 Å². The second-order valence-electron chi connectivity index (χ2n) is 3.41. The average Bonchev–Trinajstić information content (AvgIpc) is 2.54. The zero-order valence-electron chi connectivity index (χ0n) is 10.1. The van der Waals surface area contributed by atoms with Crippen molar-refractivity contribution in [3.8, 4) is 0 Å². The van der Waals surface area contributed by atoms with Gasteiger partial charge in [-0.15, -0.1) is 0 Å². The van der Waals surface area contributed by atoms with Crippen molar-refractivity contribution in [2.45, 2.75) is 13.8 Å². The zero-order valence-corrected chi connectivity index (χ0v) is 10.1. The number of aromatic nitrogens is 2. The standard InChI is InChI=1S/C10H16N4O3/c1-4-17-10(16)8-6(2)13-14(3)9(8)12-7(15)5-11/h4-5,11H2,1-3H3,(H,12,15). The Kier molecular flexibility index (Phi) is 4.22. The summed E-state index contributed by atoms with van der Waals surface area (Å²) in [4.78, 5) is 23.0. The van der Waals surface area contributed by atoms with Crippen LogP contribution in [0.5, 0.6) is 0 Å². The van der Waals surface area contributed by atoms with Crippen LogP contribution < -0.4 is 11.1 Å². The Balaban J connectivity index is 3.10. The predicted octanol–water partition coefficient (Wildman–Crippen LogP) is -0.198. The van der Waals surface area contributed by atoms with E-state index in [-0.39, 0.29) is 18.7 Å². The maximum absolute atomic E-state index is 11.7. The first-order valence-electron chi connectivity index (χ1n) is 5.21. The zero-order chi connectivity index (χ0) is 13.0. The van der Waals surface area contributed by atoms with Gasteiger partial charge in [-0.1, -0.05) is 0 Å². The van der Waals surface area contributed by atoms with Gasteiger partial charge in [-0.3, -0.25) is 9.48 Å². The minimum Gasteiger partial charge on any atom is -0.462 e. The molecule has 1 rings (SSSR count). The first-order chi connectivity index (χ1) is 8.01. The van der Waals surface area contributed by atoms with E-state index in [0.717, 1.165) is 0 Å². The minimum atomic E-state index is -0.509. The van der Waals surface area contributed by atoms with Crippen LogP contribution in [0.2, 0.25) is 0 Å². The smallest absolute Gasteiger partial charge is 0.343 e. The molecule has 0 saturated heterocycles. The molecule has 1 amide bonds. The number of carbonyl (C=O) groups is 2. The molecule has 1 aromatic heterocycles. The highest BCUT2D eigenvalue weighted by Crippen LogP contribution is 2.19. The molecule has 0 radical (unpaired) electrons. The average molecular weight is 240 g/mol. The number of hydrogen-bond acceptors (Lipinski definition) is 5. The van der Waals surface area contributed by atoms with E-state index in [1.165, 1.54) is 4.68 Å². The quantitative estimate of drug-likeness (QED) is 0.710. The minimum absolute atomic E-state index is 0.160. The summed E-state index contributed by atoms with van der Waals surface area (Å²) >= 11 is 0. The topological polar surface area (TPSA) is 99.2 Å². The summed E-state index contributed by atoms with van der Waals surface area (Å²) in [5.74, 6) is -0.597. The second kappa shape index (κ2) is 5.44. The predicted molar refractivity (Wildman–Crippen MR) is 61.6 cm³/mol. The highest BCUT2D eigenvalue weighted by Gasteiger charge is 2.22. The Morgan fingerprint density at radius 2 is 2.18 bits per heavy atom. The van der Waals surface area contributed by atoms with E-state index in [0.29, 0.717) is 11.5 Å². The number of esters is 1. The first-order valence-corrected chi connectivity index (χ1v) is 5.21. The number of nitrogens with one attached hydrogen (secondary N) is 1. The van der Waals surface area contributed by atoms with Crippen LogP contribution in [0, 0.1) is 6.92 Å². The molecule has 0 atom stereocenters. The lowest BCUT2D eigenvalue weighted by molar-refractivity contribution is -0.114. The molecule has 0 spiro atoms. The largest absolute Gasteiger partial charge is 0.462 e. The van der Waals surface area contributed by atoms with Crippen LogP contribution in [0.15, 0.2) is 0 Å². The lowest BCUT2D eigenvalue weighted by atomic mass is 10.2. The lowest BCUT2D eigenvalue weighted by Gasteiger charge is -2.07. The third-order valence-corrected chi connectivity index (χ3v) is 2.14. The van der Waals surface area contributed by atoms with Crippen molar-refractivity contribution in [2.24, 2.45) is 12.8 Å². The molecule has 1 aromatic rings. The van der Waals surface area contributed by atoms with Gasteiger partial charge < -0.3 is 15.8 Å². The Morgan fingerprint density at radius 1 is 1.53 bits per heavy atom. The van der Waals surface area contributed by atoms with Gasteiger partial charge in [-0.2, -0.15) is 5.10 Å². The summed E-state index contributed by atoms with van der Waals surface area (Å²) in [7, 11) is 1.63. The van der Waals surface area contributed by atoms with Crippen molar-refractivity contribution < 1.29 is 14.3 Å². The molecule has 0 bridgehead atoms. The van der Waals surface area contributed by atoms with Gasteiger partial charge in [0.1, 0.15) is 11.4 Å². The summed E-state index contributed by atoms with van der Waals surface area (Å²) < 4.78 is 6.32. The van der Waals surface area contributed by atoms with E-state index >= 15 is 0 Å². The van der Waals surface area contributed by atoms with Gasteiger partial charge in [0.2, 0.25) is 5.91 Å².